The molecule has 0 bridgehead atoms. The maximum absolute atomic E-state index is 12.1. The van der Waals surface area contributed by atoms with Crippen molar-refractivity contribution in [1.29, 1.82) is 0 Å². The van der Waals surface area contributed by atoms with Crippen LogP contribution in [0, 0.1) is 0 Å². The van der Waals surface area contributed by atoms with Gasteiger partial charge in [-0.2, -0.15) is 0 Å². The molecule has 110 valence electrons. The van der Waals surface area contributed by atoms with Gasteiger partial charge in [-0.25, -0.2) is 0 Å². The maximum Gasteiger partial charge on any atom is 0.255 e. The minimum Gasteiger partial charge on any atom is -0.508 e. The van der Waals surface area contributed by atoms with E-state index >= 15 is 0 Å². The van der Waals surface area contributed by atoms with Gasteiger partial charge >= 0.3 is 0 Å². The highest BCUT2D eigenvalue weighted by molar-refractivity contribution is 6.37. The van der Waals surface area contributed by atoms with Gasteiger partial charge in [-0.15, -0.1) is 0 Å². The molecule has 0 atom stereocenters. The van der Waals surface area contributed by atoms with Crippen molar-refractivity contribution in [3.63, 3.8) is 0 Å². The van der Waals surface area contributed by atoms with Crippen molar-refractivity contribution < 1.29 is 14.6 Å². The minimum atomic E-state index is -0.354. The number of phenols is 1. The Bertz CT molecular complexity index is 633. The third kappa shape index (κ3) is 3.80. The summed E-state index contributed by atoms with van der Waals surface area (Å²) >= 11 is 12.1. The van der Waals surface area contributed by atoms with Crippen LogP contribution in [0.25, 0.3) is 0 Å². The fourth-order valence-electron chi connectivity index (χ4n) is 1.72. The Morgan fingerprint density at radius 3 is 2.29 bits per heavy atom. The first kappa shape index (κ1) is 15.5. The van der Waals surface area contributed by atoms with Crippen LogP contribution in [0.3, 0.4) is 0 Å². The molecule has 0 saturated carbocycles. The number of hydrogen-bond donors (Lipinski definition) is 2. The van der Waals surface area contributed by atoms with E-state index in [2.05, 4.69) is 5.32 Å². The van der Waals surface area contributed by atoms with E-state index in [-0.39, 0.29) is 21.7 Å². The summed E-state index contributed by atoms with van der Waals surface area (Å²) in [5.74, 6) is 0.134. The van der Waals surface area contributed by atoms with Crippen LogP contribution in [0.4, 0.5) is 5.69 Å². The van der Waals surface area contributed by atoms with E-state index in [1.54, 1.807) is 12.1 Å². The molecule has 0 spiro atoms. The van der Waals surface area contributed by atoms with Crippen molar-refractivity contribution in [2.75, 3.05) is 11.9 Å². The van der Waals surface area contributed by atoms with Gasteiger partial charge < -0.3 is 15.2 Å². The summed E-state index contributed by atoms with van der Waals surface area (Å²) < 4.78 is 5.31. The normalized spacial score (nSPS) is 10.2. The second-order valence-electron chi connectivity index (χ2n) is 4.20. The van der Waals surface area contributed by atoms with Crippen LogP contribution in [-0.4, -0.2) is 17.6 Å². The standard InChI is InChI=1S/C15H13Cl2NO3/c1-2-21-14-12(16)7-9(8-13(14)17)15(20)18-10-3-5-11(19)6-4-10/h3-8,19H,2H2,1H3,(H,18,20). The number of carbonyl (C=O) groups excluding carboxylic acids is 1. The number of aromatic hydroxyl groups is 1. The molecule has 4 nitrogen and oxygen atoms in total. The molecule has 0 aliphatic carbocycles. The summed E-state index contributed by atoms with van der Waals surface area (Å²) in [5, 5.41) is 12.4. The van der Waals surface area contributed by atoms with Crippen LogP contribution in [0.2, 0.25) is 10.0 Å². The number of phenolic OH excluding ortho intramolecular Hbond substituents is 1. The van der Waals surface area contributed by atoms with Crippen molar-refractivity contribution in [2.45, 2.75) is 6.92 Å². The zero-order chi connectivity index (χ0) is 15.4. The van der Waals surface area contributed by atoms with E-state index in [0.29, 0.717) is 23.6 Å². The SMILES string of the molecule is CCOc1c(Cl)cc(C(=O)Nc2ccc(O)cc2)cc1Cl. The van der Waals surface area contributed by atoms with Crippen molar-refractivity contribution in [3.8, 4) is 11.5 Å². The molecule has 0 fully saturated rings. The summed E-state index contributed by atoms with van der Waals surface area (Å²) in [4.78, 5) is 12.1. The van der Waals surface area contributed by atoms with E-state index < -0.39 is 0 Å². The van der Waals surface area contributed by atoms with E-state index in [0.717, 1.165) is 0 Å². The second-order valence-corrected chi connectivity index (χ2v) is 5.02. The highest BCUT2D eigenvalue weighted by Gasteiger charge is 2.14. The molecule has 2 aromatic rings. The first-order chi connectivity index (χ1) is 10.0. The fraction of sp³-hybridized carbons (Fsp3) is 0.133. The maximum atomic E-state index is 12.1. The molecule has 2 N–H and O–H groups in total. The third-order valence-corrected chi connectivity index (χ3v) is 3.24. The predicted molar refractivity (Wildman–Crippen MR) is 83.7 cm³/mol. The number of rotatable bonds is 4. The van der Waals surface area contributed by atoms with Gasteiger partial charge in [0.05, 0.1) is 16.7 Å². The minimum absolute atomic E-state index is 0.125. The van der Waals surface area contributed by atoms with Crippen LogP contribution in [-0.2, 0) is 0 Å². The number of amides is 1. The number of halogens is 2. The van der Waals surface area contributed by atoms with Crippen LogP contribution in [0.1, 0.15) is 17.3 Å². The van der Waals surface area contributed by atoms with Crippen LogP contribution in [0.5, 0.6) is 11.5 Å². The first-order valence-corrected chi connectivity index (χ1v) is 6.99. The number of benzene rings is 2. The number of nitrogens with one attached hydrogen (secondary N) is 1. The van der Waals surface area contributed by atoms with Gasteiger partial charge in [0.2, 0.25) is 0 Å². The summed E-state index contributed by atoms with van der Waals surface area (Å²) in [6, 6.07) is 9.12. The zero-order valence-corrected chi connectivity index (χ0v) is 12.7. The Morgan fingerprint density at radius 1 is 1.19 bits per heavy atom. The fourth-order valence-corrected chi connectivity index (χ4v) is 2.32. The lowest BCUT2D eigenvalue weighted by atomic mass is 10.2. The number of ether oxygens (including phenoxy) is 1. The number of hydrogen-bond acceptors (Lipinski definition) is 3. The molecule has 0 aromatic heterocycles. The molecule has 0 heterocycles. The highest BCUT2D eigenvalue weighted by atomic mass is 35.5. The molecular formula is C15H13Cl2NO3. The Morgan fingerprint density at radius 2 is 1.76 bits per heavy atom. The van der Waals surface area contributed by atoms with Gasteiger partial charge in [0, 0.05) is 11.3 Å². The molecule has 6 heteroatoms. The quantitative estimate of drug-likeness (QED) is 0.821. The summed E-state index contributed by atoms with van der Waals surface area (Å²) in [6.07, 6.45) is 0. The Hall–Kier alpha value is -1.91. The highest BCUT2D eigenvalue weighted by Crippen LogP contribution is 2.34. The molecule has 0 aliphatic heterocycles. The molecular weight excluding hydrogens is 313 g/mol. The van der Waals surface area contributed by atoms with E-state index in [1.807, 2.05) is 6.92 Å². The third-order valence-electron chi connectivity index (χ3n) is 2.67. The van der Waals surface area contributed by atoms with Crippen molar-refractivity contribution in [2.24, 2.45) is 0 Å². The Kier molecular flexibility index (Phi) is 4.94. The molecule has 2 aromatic carbocycles. The molecule has 1 amide bonds. The lowest BCUT2D eigenvalue weighted by Crippen LogP contribution is -2.12. The van der Waals surface area contributed by atoms with E-state index in [4.69, 9.17) is 27.9 Å². The lowest BCUT2D eigenvalue weighted by Gasteiger charge is -2.11. The largest absolute Gasteiger partial charge is 0.508 e. The van der Waals surface area contributed by atoms with E-state index in [9.17, 15) is 9.90 Å². The summed E-state index contributed by atoms with van der Waals surface area (Å²) in [7, 11) is 0. The van der Waals surface area contributed by atoms with E-state index in [1.165, 1.54) is 24.3 Å². The van der Waals surface area contributed by atoms with Gasteiger partial charge in [-0.05, 0) is 43.3 Å². The van der Waals surface area contributed by atoms with Crippen LogP contribution >= 0.6 is 23.2 Å². The van der Waals surface area contributed by atoms with Gasteiger partial charge in [0.25, 0.3) is 5.91 Å². The van der Waals surface area contributed by atoms with Gasteiger partial charge in [0.15, 0.2) is 5.75 Å². The molecule has 0 radical (unpaired) electrons. The van der Waals surface area contributed by atoms with Gasteiger partial charge in [-0.1, -0.05) is 23.2 Å². The second kappa shape index (κ2) is 6.70. The monoisotopic (exact) mass is 325 g/mol. The molecule has 0 unspecified atom stereocenters. The Balaban J connectivity index is 2.21. The molecule has 2 rings (SSSR count). The average Bonchev–Trinajstić information content (AvgIpc) is 2.45. The summed E-state index contributed by atoms with van der Waals surface area (Å²) in [5.41, 5.74) is 0.875. The lowest BCUT2D eigenvalue weighted by molar-refractivity contribution is 0.102. The van der Waals surface area contributed by atoms with Crippen LogP contribution < -0.4 is 10.1 Å². The first-order valence-electron chi connectivity index (χ1n) is 6.23. The zero-order valence-electron chi connectivity index (χ0n) is 11.2. The molecule has 21 heavy (non-hydrogen) atoms. The smallest absolute Gasteiger partial charge is 0.255 e. The number of anilines is 1. The van der Waals surface area contributed by atoms with Crippen molar-refractivity contribution in [3.05, 3.63) is 52.0 Å². The van der Waals surface area contributed by atoms with Crippen molar-refractivity contribution >= 4 is 34.8 Å². The molecule has 0 saturated heterocycles. The molecule has 0 aliphatic rings. The van der Waals surface area contributed by atoms with Crippen LogP contribution in [0.15, 0.2) is 36.4 Å². The predicted octanol–water partition coefficient (Wildman–Crippen LogP) is 4.35. The Labute approximate surface area is 132 Å². The summed E-state index contributed by atoms with van der Waals surface area (Å²) in [6.45, 7) is 2.25. The average molecular weight is 326 g/mol. The van der Waals surface area contributed by atoms with Gasteiger partial charge in [0.1, 0.15) is 5.75 Å². The van der Waals surface area contributed by atoms with Gasteiger partial charge in [-0.3, -0.25) is 4.79 Å². The number of carbonyl (C=O) groups is 1. The van der Waals surface area contributed by atoms with Crippen molar-refractivity contribution in [1.82, 2.24) is 0 Å². The topological polar surface area (TPSA) is 58.6 Å².